The van der Waals surface area contributed by atoms with Gasteiger partial charge in [0, 0.05) is 10.6 Å². The van der Waals surface area contributed by atoms with E-state index in [1.807, 2.05) is 54.6 Å². The van der Waals surface area contributed by atoms with Crippen molar-refractivity contribution in [3.8, 4) is 11.8 Å². The molecule has 0 unspecified atom stereocenters. The number of nitrogens with one attached hydrogen (secondary N) is 1. The number of nitrogens with zero attached hydrogens (tertiary/aromatic N) is 2. The Kier molecular flexibility index (Phi) is 5.56. The molecule has 0 saturated carbocycles. The number of aryl methyl sites for hydroxylation is 2. The molecule has 148 valence electrons. The molecule has 0 amide bonds. The summed E-state index contributed by atoms with van der Waals surface area (Å²) in [6.07, 6.45) is 1.81. The van der Waals surface area contributed by atoms with Gasteiger partial charge in [-0.25, -0.2) is 4.98 Å². The SMILES string of the molecule is Cc1cc2nc(C(C#N)=Cc3cccc(OCc4ccccc4Cl)c3)[nH]c2cc1C. The van der Waals surface area contributed by atoms with E-state index in [2.05, 4.69) is 36.0 Å². The van der Waals surface area contributed by atoms with Gasteiger partial charge in [0.15, 0.2) is 0 Å². The Bertz CT molecular complexity index is 1260. The molecule has 0 aliphatic carbocycles. The van der Waals surface area contributed by atoms with Gasteiger partial charge < -0.3 is 9.72 Å². The number of H-pyrrole nitrogens is 1. The van der Waals surface area contributed by atoms with Crippen LogP contribution in [0.4, 0.5) is 0 Å². The Labute approximate surface area is 180 Å². The number of rotatable bonds is 5. The van der Waals surface area contributed by atoms with Crippen molar-refractivity contribution in [2.75, 3.05) is 0 Å². The largest absolute Gasteiger partial charge is 0.489 e. The average molecular weight is 414 g/mol. The van der Waals surface area contributed by atoms with E-state index in [4.69, 9.17) is 16.3 Å². The zero-order valence-electron chi connectivity index (χ0n) is 16.7. The lowest BCUT2D eigenvalue weighted by Gasteiger charge is -2.08. The van der Waals surface area contributed by atoms with Crippen molar-refractivity contribution in [2.24, 2.45) is 0 Å². The van der Waals surface area contributed by atoms with Crippen LogP contribution < -0.4 is 4.74 Å². The second-order valence-electron chi connectivity index (χ2n) is 7.16. The van der Waals surface area contributed by atoms with Gasteiger partial charge in [-0.1, -0.05) is 41.9 Å². The number of nitriles is 1. The minimum absolute atomic E-state index is 0.375. The van der Waals surface area contributed by atoms with Crippen molar-refractivity contribution >= 4 is 34.3 Å². The molecule has 0 bridgehead atoms. The van der Waals surface area contributed by atoms with Crippen LogP contribution >= 0.6 is 11.6 Å². The minimum Gasteiger partial charge on any atom is -0.489 e. The molecule has 0 spiro atoms. The first-order valence-electron chi connectivity index (χ1n) is 9.59. The number of ether oxygens (including phenoxy) is 1. The van der Waals surface area contributed by atoms with E-state index in [0.29, 0.717) is 28.8 Å². The topological polar surface area (TPSA) is 61.7 Å². The number of aromatic nitrogens is 2. The van der Waals surface area contributed by atoms with Crippen LogP contribution in [0.25, 0.3) is 22.7 Å². The van der Waals surface area contributed by atoms with Crippen LogP contribution in [0.15, 0.2) is 60.7 Å². The molecule has 1 N–H and O–H groups in total. The molecule has 3 aromatic carbocycles. The van der Waals surface area contributed by atoms with Gasteiger partial charge in [-0.3, -0.25) is 0 Å². The summed E-state index contributed by atoms with van der Waals surface area (Å²) in [6.45, 7) is 4.49. The highest BCUT2D eigenvalue weighted by Crippen LogP contribution is 2.24. The molecule has 1 aromatic heterocycles. The van der Waals surface area contributed by atoms with Gasteiger partial charge in [-0.05, 0) is 66.9 Å². The van der Waals surface area contributed by atoms with E-state index < -0.39 is 0 Å². The van der Waals surface area contributed by atoms with Crippen molar-refractivity contribution < 1.29 is 4.74 Å². The number of allylic oxidation sites excluding steroid dienone is 1. The van der Waals surface area contributed by atoms with E-state index in [1.165, 1.54) is 11.1 Å². The van der Waals surface area contributed by atoms with E-state index >= 15 is 0 Å². The second-order valence-corrected chi connectivity index (χ2v) is 7.57. The molecule has 0 aliphatic heterocycles. The second kappa shape index (κ2) is 8.44. The third-order valence-electron chi connectivity index (χ3n) is 4.99. The van der Waals surface area contributed by atoms with Gasteiger partial charge in [0.25, 0.3) is 0 Å². The number of halogens is 1. The van der Waals surface area contributed by atoms with Crippen LogP contribution in [0.2, 0.25) is 5.02 Å². The smallest absolute Gasteiger partial charge is 0.149 e. The molecule has 5 heteroatoms. The highest BCUT2D eigenvalue weighted by Gasteiger charge is 2.10. The van der Waals surface area contributed by atoms with Crippen molar-refractivity contribution in [2.45, 2.75) is 20.5 Å². The maximum Gasteiger partial charge on any atom is 0.149 e. The molecule has 0 atom stereocenters. The average Bonchev–Trinajstić information content (AvgIpc) is 3.14. The van der Waals surface area contributed by atoms with E-state index in [1.54, 1.807) is 6.08 Å². The van der Waals surface area contributed by atoms with E-state index in [9.17, 15) is 5.26 Å². The first-order valence-corrected chi connectivity index (χ1v) is 9.96. The zero-order chi connectivity index (χ0) is 21.1. The summed E-state index contributed by atoms with van der Waals surface area (Å²) in [7, 11) is 0. The van der Waals surface area contributed by atoms with Gasteiger partial charge in [0.2, 0.25) is 0 Å². The number of hydrogen-bond donors (Lipinski definition) is 1. The minimum atomic E-state index is 0.375. The standard InChI is InChI=1S/C25H20ClN3O/c1-16-10-23-24(11-17(16)2)29-25(28-23)20(14-27)12-18-6-5-8-21(13-18)30-15-19-7-3-4-9-22(19)26/h3-13H,15H2,1-2H3,(H,28,29). The molecule has 30 heavy (non-hydrogen) atoms. The van der Waals surface area contributed by atoms with Crippen molar-refractivity contribution in [1.82, 2.24) is 9.97 Å². The molecule has 4 nitrogen and oxygen atoms in total. The van der Waals surface area contributed by atoms with Crippen LogP contribution in [0.1, 0.15) is 28.1 Å². The van der Waals surface area contributed by atoms with Gasteiger partial charge in [-0.15, -0.1) is 0 Å². The number of benzene rings is 3. The quantitative estimate of drug-likeness (QED) is 0.381. The van der Waals surface area contributed by atoms with Crippen LogP contribution in [-0.2, 0) is 6.61 Å². The normalized spacial score (nSPS) is 11.5. The fourth-order valence-electron chi connectivity index (χ4n) is 3.19. The maximum absolute atomic E-state index is 9.70. The van der Waals surface area contributed by atoms with Gasteiger partial charge in [-0.2, -0.15) is 5.26 Å². The molecule has 0 saturated heterocycles. The molecule has 0 radical (unpaired) electrons. The van der Waals surface area contributed by atoms with E-state index in [-0.39, 0.29) is 0 Å². The number of fused-ring (bicyclic) bond motifs is 1. The molecule has 0 aliphatic rings. The van der Waals surface area contributed by atoms with Gasteiger partial charge in [0.05, 0.1) is 16.6 Å². The summed E-state index contributed by atoms with van der Waals surface area (Å²) in [5, 5.41) is 10.4. The van der Waals surface area contributed by atoms with Crippen LogP contribution in [0, 0.1) is 25.2 Å². The Morgan fingerprint density at radius 1 is 1.10 bits per heavy atom. The molecule has 1 heterocycles. The Balaban J connectivity index is 1.59. The fraction of sp³-hybridized carbons (Fsp3) is 0.120. The van der Waals surface area contributed by atoms with Crippen molar-refractivity contribution in [3.63, 3.8) is 0 Å². The van der Waals surface area contributed by atoms with Crippen LogP contribution in [-0.4, -0.2) is 9.97 Å². The summed E-state index contributed by atoms with van der Waals surface area (Å²) in [5.41, 5.74) is 6.37. The van der Waals surface area contributed by atoms with Crippen LogP contribution in [0.3, 0.4) is 0 Å². The Morgan fingerprint density at radius 2 is 1.90 bits per heavy atom. The lowest BCUT2D eigenvalue weighted by molar-refractivity contribution is 0.306. The van der Waals surface area contributed by atoms with Crippen LogP contribution in [0.5, 0.6) is 5.75 Å². The van der Waals surface area contributed by atoms with E-state index in [0.717, 1.165) is 22.2 Å². The molecular formula is C25H20ClN3O. The lowest BCUT2D eigenvalue weighted by Crippen LogP contribution is -1.96. The lowest BCUT2D eigenvalue weighted by atomic mass is 10.1. The summed E-state index contributed by atoms with van der Waals surface area (Å²) in [5.74, 6) is 1.26. The Morgan fingerprint density at radius 3 is 2.70 bits per heavy atom. The molecular weight excluding hydrogens is 394 g/mol. The maximum atomic E-state index is 9.70. The predicted octanol–water partition coefficient (Wildman–Crippen LogP) is 6.48. The Hall–Kier alpha value is -3.55. The highest BCUT2D eigenvalue weighted by molar-refractivity contribution is 6.31. The van der Waals surface area contributed by atoms with Crippen molar-refractivity contribution in [3.05, 3.63) is 93.8 Å². The molecule has 4 rings (SSSR count). The predicted molar refractivity (Wildman–Crippen MR) is 121 cm³/mol. The first kappa shape index (κ1) is 19.8. The number of aromatic amines is 1. The van der Waals surface area contributed by atoms with Crippen molar-refractivity contribution in [1.29, 1.82) is 5.26 Å². The summed E-state index contributed by atoms with van der Waals surface area (Å²) >= 11 is 6.19. The molecule has 4 aromatic rings. The molecule has 0 fully saturated rings. The summed E-state index contributed by atoms with van der Waals surface area (Å²) in [6, 6.07) is 21.5. The first-order chi connectivity index (χ1) is 14.5. The third-order valence-corrected chi connectivity index (χ3v) is 5.36. The summed E-state index contributed by atoms with van der Waals surface area (Å²) in [4.78, 5) is 7.85. The number of hydrogen-bond acceptors (Lipinski definition) is 3. The fourth-order valence-corrected chi connectivity index (χ4v) is 3.38. The number of imidazole rings is 1. The third kappa shape index (κ3) is 4.22. The van der Waals surface area contributed by atoms with Gasteiger partial charge >= 0.3 is 0 Å². The summed E-state index contributed by atoms with van der Waals surface area (Å²) < 4.78 is 5.89. The monoisotopic (exact) mass is 413 g/mol. The van der Waals surface area contributed by atoms with Gasteiger partial charge in [0.1, 0.15) is 24.3 Å². The highest BCUT2D eigenvalue weighted by atomic mass is 35.5. The zero-order valence-corrected chi connectivity index (χ0v) is 17.5.